The molecule has 40 heavy (non-hydrogen) atoms. The number of para-hydroxylation sites is 2. The average Bonchev–Trinajstić information content (AvgIpc) is 3.41. The van der Waals surface area contributed by atoms with Gasteiger partial charge in [-0.25, -0.2) is 4.79 Å². The molecule has 2 atom stereocenters. The van der Waals surface area contributed by atoms with Crippen LogP contribution >= 0.6 is 0 Å². The lowest BCUT2D eigenvalue weighted by atomic mass is 9.99. The second-order valence-corrected chi connectivity index (χ2v) is 8.78. The Kier molecular flexibility index (Phi) is 9.31. The Morgan fingerprint density at radius 1 is 1.05 bits per heavy atom. The van der Waals surface area contributed by atoms with Crippen molar-refractivity contribution in [2.24, 2.45) is 0 Å². The first-order valence-electron chi connectivity index (χ1n) is 12.5. The first-order valence-corrected chi connectivity index (χ1v) is 12.5. The molecule has 1 aliphatic rings. The summed E-state index contributed by atoms with van der Waals surface area (Å²) in [4.78, 5) is 25.2. The summed E-state index contributed by atoms with van der Waals surface area (Å²) in [6.07, 6.45) is 1.66. The Morgan fingerprint density at radius 2 is 1.85 bits per heavy atom. The van der Waals surface area contributed by atoms with Crippen LogP contribution in [0.4, 0.5) is 21.9 Å². The van der Waals surface area contributed by atoms with Gasteiger partial charge in [0.05, 0.1) is 24.6 Å². The summed E-state index contributed by atoms with van der Waals surface area (Å²) in [5.74, 6) is 0.919. The van der Waals surface area contributed by atoms with Gasteiger partial charge in [-0.15, -0.1) is 0 Å². The number of allylic oxidation sites excluding steroid dienone is 1. The van der Waals surface area contributed by atoms with Gasteiger partial charge in [-0.1, -0.05) is 24.3 Å². The van der Waals surface area contributed by atoms with Gasteiger partial charge >= 0.3 is 6.09 Å². The van der Waals surface area contributed by atoms with Crippen LogP contribution in [0.25, 0.3) is 0 Å². The van der Waals surface area contributed by atoms with Crippen LogP contribution < -0.4 is 30.6 Å². The number of methoxy groups -OCH3 is 2. The minimum Gasteiger partial charge on any atom is -0.504 e. The van der Waals surface area contributed by atoms with Crippen molar-refractivity contribution in [3.8, 4) is 23.0 Å². The molecular formula is C29H31N3O8. The third-order valence-electron chi connectivity index (χ3n) is 6.13. The molecule has 1 heterocycles. The van der Waals surface area contributed by atoms with Crippen LogP contribution in [-0.4, -0.2) is 44.2 Å². The van der Waals surface area contributed by atoms with Gasteiger partial charge in [0.1, 0.15) is 0 Å². The van der Waals surface area contributed by atoms with Crippen molar-refractivity contribution >= 4 is 29.1 Å². The molecule has 2 amide bonds. The van der Waals surface area contributed by atoms with Gasteiger partial charge in [0.15, 0.2) is 29.1 Å². The van der Waals surface area contributed by atoms with Crippen LogP contribution in [0.2, 0.25) is 0 Å². The summed E-state index contributed by atoms with van der Waals surface area (Å²) in [5, 5.41) is 15.8. The van der Waals surface area contributed by atoms with Crippen molar-refractivity contribution < 1.29 is 38.4 Å². The number of nitrogens with two attached hydrogens (primary N) is 1. The number of rotatable bonds is 11. The molecule has 0 unspecified atom stereocenters. The van der Waals surface area contributed by atoms with Gasteiger partial charge in [0, 0.05) is 18.9 Å². The van der Waals surface area contributed by atoms with Gasteiger partial charge in [-0.3, -0.25) is 10.1 Å². The van der Waals surface area contributed by atoms with E-state index in [-0.39, 0.29) is 24.2 Å². The highest BCUT2D eigenvalue weighted by molar-refractivity contribution is 6.01. The molecule has 5 N–H and O–H groups in total. The SMILES string of the molecule is COc1ccc([C@@H](OC(=O)Nc2ccc3c(c2)OCO3)[C@@H](CC/C=C/C(=O)Nc2ccccc2N)OC)cc1O. The number of fused-ring (bicyclic) bond motifs is 1. The number of nitrogen functional groups attached to an aromatic ring is 1. The van der Waals surface area contributed by atoms with Crippen molar-refractivity contribution in [1.29, 1.82) is 0 Å². The molecule has 0 aliphatic carbocycles. The van der Waals surface area contributed by atoms with E-state index in [1.54, 1.807) is 60.7 Å². The summed E-state index contributed by atoms with van der Waals surface area (Å²) in [5.41, 5.74) is 7.80. The molecule has 0 bridgehead atoms. The topological polar surface area (TPSA) is 151 Å². The van der Waals surface area contributed by atoms with Crippen LogP contribution in [0.5, 0.6) is 23.0 Å². The molecule has 0 aromatic heterocycles. The van der Waals surface area contributed by atoms with E-state index in [1.807, 2.05) is 0 Å². The maximum absolute atomic E-state index is 12.9. The fraction of sp³-hybridized carbons (Fsp3) is 0.241. The highest BCUT2D eigenvalue weighted by Crippen LogP contribution is 2.36. The maximum atomic E-state index is 12.9. The number of hydrogen-bond donors (Lipinski definition) is 4. The van der Waals surface area contributed by atoms with Gasteiger partial charge in [0.25, 0.3) is 0 Å². The Balaban J connectivity index is 1.44. The van der Waals surface area contributed by atoms with Crippen molar-refractivity contribution in [3.63, 3.8) is 0 Å². The number of aromatic hydroxyl groups is 1. The number of anilines is 3. The normalized spacial score (nSPS) is 13.4. The first-order chi connectivity index (χ1) is 19.4. The minimum atomic E-state index is -0.901. The number of hydrogen-bond acceptors (Lipinski definition) is 9. The molecule has 1 aliphatic heterocycles. The van der Waals surface area contributed by atoms with Crippen LogP contribution in [0.15, 0.2) is 72.8 Å². The third-order valence-corrected chi connectivity index (χ3v) is 6.13. The van der Waals surface area contributed by atoms with Crippen LogP contribution in [0, 0.1) is 0 Å². The maximum Gasteiger partial charge on any atom is 0.412 e. The van der Waals surface area contributed by atoms with E-state index in [4.69, 9.17) is 29.4 Å². The molecule has 0 saturated heterocycles. The number of nitrogens with one attached hydrogen (secondary N) is 2. The molecule has 0 radical (unpaired) electrons. The third kappa shape index (κ3) is 7.14. The largest absolute Gasteiger partial charge is 0.504 e. The van der Waals surface area contributed by atoms with E-state index in [1.165, 1.54) is 26.4 Å². The van der Waals surface area contributed by atoms with Crippen LogP contribution in [0.1, 0.15) is 24.5 Å². The summed E-state index contributed by atoms with van der Waals surface area (Å²) in [7, 11) is 2.93. The molecular weight excluding hydrogens is 518 g/mol. The fourth-order valence-corrected chi connectivity index (χ4v) is 4.11. The smallest absolute Gasteiger partial charge is 0.412 e. The molecule has 11 nitrogen and oxygen atoms in total. The van der Waals surface area contributed by atoms with E-state index >= 15 is 0 Å². The monoisotopic (exact) mass is 549 g/mol. The van der Waals surface area contributed by atoms with E-state index in [9.17, 15) is 14.7 Å². The van der Waals surface area contributed by atoms with E-state index < -0.39 is 18.3 Å². The van der Waals surface area contributed by atoms with Crippen molar-refractivity contribution in [1.82, 2.24) is 0 Å². The molecule has 0 fully saturated rings. The van der Waals surface area contributed by atoms with Crippen molar-refractivity contribution in [3.05, 3.63) is 78.4 Å². The number of carbonyl (C=O) groups excluding carboxylic acids is 2. The lowest BCUT2D eigenvalue weighted by molar-refractivity contribution is -0.111. The Morgan fingerprint density at radius 3 is 2.60 bits per heavy atom. The molecule has 11 heteroatoms. The van der Waals surface area contributed by atoms with Gasteiger partial charge < -0.3 is 39.8 Å². The van der Waals surface area contributed by atoms with E-state index in [0.29, 0.717) is 47.0 Å². The number of carbonyl (C=O) groups is 2. The second-order valence-electron chi connectivity index (χ2n) is 8.78. The Labute approximate surface area is 231 Å². The molecule has 210 valence electrons. The first kappa shape index (κ1) is 28.1. The quantitative estimate of drug-likeness (QED) is 0.191. The number of phenols is 1. The minimum absolute atomic E-state index is 0.109. The predicted octanol–water partition coefficient (Wildman–Crippen LogP) is 4.99. The van der Waals surface area contributed by atoms with Crippen molar-refractivity contribution in [2.45, 2.75) is 25.0 Å². The molecule has 4 rings (SSSR count). The highest BCUT2D eigenvalue weighted by Gasteiger charge is 2.28. The number of amides is 2. The molecule has 3 aromatic rings. The Hall–Kier alpha value is -4.90. The van der Waals surface area contributed by atoms with Gasteiger partial charge in [-0.05, 0) is 60.9 Å². The Bertz CT molecular complexity index is 1380. The van der Waals surface area contributed by atoms with Crippen LogP contribution in [-0.2, 0) is 14.3 Å². The zero-order valence-electron chi connectivity index (χ0n) is 22.1. The summed E-state index contributed by atoms with van der Waals surface area (Å²) < 4.78 is 27.3. The lowest BCUT2D eigenvalue weighted by Crippen LogP contribution is -2.28. The molecule has 0 saturated carbocycles. The van der Waals surface area contributed by atoms with Crippen LogP contribution in [0.3, 0.4) is 0 Å². The second kappa shape index (κ2) is 13.3. The lowest BCUT2D eigenvalue weighted by Gasteiger charge is -2.26. The number of benzene rings is 3. The van der Waals surface area contributed by atoms with E-state index in [0.717, 1.165) is 0 Å². The highest BCUT2D eigenvalue weighted by atomic mass is 16.7. The average molecular weight is 550 g/mol. The molecule has 0 spiro atoms. The predicted molar refractivity (Wildman–Crippen MR) is 149 cm³/mol. The molecule has 3 aromatic carbocycles. The zero-order chi connectivity index (χ0) is 28.5. The van der Waals surface area contributed by atoms with E-state index in [2.05, 4.69) is 10.6 Å². The van der Waals surface area contributed by atoms with Gasteiger partial charge in [-0.2, -0.15) is 0 Å². The number of ether oxygens (including phenoxy) is 5. The van der Waals surface area contributed by atoms with Crippen molar-refractivity contribution in [2.75, 3.05) is 37.4 Å². The zero-order valence-corrected chi connectivity index (χ0v) is 22.1. The summed E-state index contributed by atoms with van der Waals surface area (Å²) >= 11 is 0. The number of phenolic OH excluding ortho intramolecular Hbond substituents is 1. The standard InChI is InChI=1S/C29H31N3O8/c1-36-23-13-11-18(15-22(23)33)28(40-29(35)31-19-12-14-24-26(16-19)39-17-38-24)25(37-2)9-5-6-10-27(34)32-21-8-4-3-7-20(21)30/h3-4,6-8,10-16,25,28,33H,5,9,17,30H2,1-2H3,(H,31,35)(H,32,34)/b10-6+/t25-,28-/m1/s1. The summed E-state index contributed by atoms with van der Waals surface area (Å²) in [6, 6.07) is 16.6. The fourth-order valence-electron chi connectivity index (χ4n) is 4.11. The van der Waals surface area contributed by atoms with Gasteiger partial charge in [0.2, 0.25) is 12.7 Å². The summed E-state index contributed by atoms with van der Waals surface area (Å²) in [6.45, 7) is 0.109.